The summed E-state index contributed by atoms with van der Waals surface area (Å²) in [6.45, 7) is 5.98. The summed E-state index contributed by atoms with van der Waals surface area (Å²) in [5.74, 6) is 4.28. The van der Waals surface area contributed by atoms with Gasteiger partial charge in [-0.25, -0.2) is 14.2 Å². The van der Waals surface area contributed by atoms with Gasteiger partial charge >= 0.3 is 0 Å². The maximum absolute atomic E-state index is 13.4. The minimum Gasteiger partial charge on any atom is -0.271 e. The first-order valence-electron chi connectivity index (χ1n) is 6.08. The molecule has 0 fully saturated rings. The summed E-state index contributed by atoms with van der Waals surface area (Å²) in [6.07, 6.45) is 0. The largest absolute Gasteiger partial charge is 0.271 e. The van der Waals surface area contributed by atoms with Crippen molar-refractivity contribution in [3.63, 3.8) is 0 Å². The smallest absolute Gasteiger partial charge is 0.126 e. The van der Waals surface area contributed by atoms with Gasteiger partial charge in [0.05, 0.1) is 16.6 Å². The molecule has 0 radical (unpaired) electrons. The van der Waals surface area contributed by atoms with E-state index in [1.165, 1.54) is 23.7 Å². The lowest BCUT2D eigenvalue weighted by Crippen LogP contribution is -2.30. The highest BCUT2D eigenvalue weighted by Crippen LogP contribution is 2.33. The van der Waals surface area contributed by atoms with Gasteiger partial charge in [0.25, 0.3) is 0 Å². The van der Waals surface area contributed by atoms with Gasteiger partial charge in [0.2, 0.25) is 0 Å². The van der Waals surface area contributed by atoms with E-state index in [9.17, 15) is 8.78 Å². The van der Waals surface area contributed by atoms with Crippen LogP contribution in [-0.4, -0.2) is 9.59 Å². The van der Waals surface area contributed by atoms with E-state index in [2.05, 4.69) is 15.0 Å². The van der Waals surface area contributed by atoms with E-state index < -0.39 is 17.7 Å². The Balaban J connectivity index is 2.50. The normalized spacial score (nSPS) is 13.5. The Morgan fingerprint density at radius 2 is 1.80 bits per heavy atom. The summed E-state index contributed by atoms with van der Waals surface area (Å²) < 4.78 is 30.7. The lowest BCUT2D eigenvalue weighted by molar-refractivity contribution is 0.538. The number of nitrogens with two attached hydrogens (primary N) is 1. The van der Waals surface area contributed by atoms with E-state index >= 15 is 0 Å². The Labute approximate surface area is 120 Å². The standard InChI is InChI=1S/C13H16F2N4S/c1-13(2,3)12-11(20-19-18-12)10(17-16)7-4-8(14)6-9(15)5-7/h4-6,10,17H,16H2,1-3H3. The third-order valence-corrected chi connectivity index (χ3v) is 3.66. The lowest BCUT2D eigenvalue weighted by atomic mass is 9.89. The molecule has 0 aliphatic carbocycles. The summed E-state index contributed by atoms with van der Waals surface area (Å²) in [7, 11) is 0. The maximum Gasteiger partial charge on any atom is 0.126 e. The monoisotopic (exact) mass is 298 g/mol. The average molecular weight is 298 g/mol. The number of aromatic nitrogens is 2. The molecule has 1 heterocycles. The number of nitrogens with one attached hydrogen (secondary N) is 1. The Hall–Kier alpha value is -1.44. The topological polar surface area (TPSA) is 63.8 Å². The highest BCUT2D eigenvalue weighted by molar-refractivity contribution is 7.05. The van der Waals surface area contributed by atoms with E-state index in [1.807, 2.05) is 20.8 Å². The Morgan fingerprint density at radius 3 is 2.30 bits per heavy atom. The molecule has 0 spiro atoms. The quantitative estimate of drug-likeness (QED) is 0.675. The van der Waals surface area contributed by atoms with Gasteiger partial charge in [-0.3, -0.25) is 5.84 Å². The molecule has 0 aliphatic heterocycles. The molecule has 1 unspecified atom stereocenters. The van der Waals surface area contributed by atoms with Gasteiger partial charge in [0.15, 0.2) is 0 Å². The third kappa shape index (κ3) is 3.00. The van der Waals surface area contributed by atoms with Crippen molar-refractivity contribution in [2.45, 2.75) is 32.2 Å². The number of rotatable bonds is 3. The van der Waals surface area contributed by atoms with Crippen LogP contribution in [0.1, 0.15) is 42.9 Å². The fraction of sp³-hybridized carbons (Fsp3) is 0.385. The molecule has 108 valence electrons. The van der Waals surface area contributed by atoms with Gasteiger partial charge in [0.1, 0.15) is 11.6 Å². The first-order chi connectivity index (χ1) is 9.32. The van der Waals surface area contributed by atoms with Crippen LogP contribution in [0, 0.1) is 11.6 Å². The van der Waals surface area contributed by atoms with Gasteiger partial charge in [-0.1, -0.05) is 25.3 Å². The van der Waals surface area contributed by atoms with Crippen molar-refractivity contribution >= 4 is 11.5 Å². The molecule has 3 N–H and O–H groups in total. The molecule has 1 aromatic heterocycles. The SMILES string of the molecule is CC(C)(C)c1nnsc1C(NN)c1cc(F)cc(F)c1. The van der Waals surface area contributed by atoms with Crippen molar-refractivity contribution in [1.29, 1.82) is 0 Å². The number of hydrogen-bond donors (Lipinski definition) is 2. The van der Waals surface area contributed by atoms with Gasteiger partial charge in [-0.05, 0) is 29.2 Å². The van der Waals surface area contributed by atoms with Crippen LogP contribution in [0.3, 0.4) is 0 Å². The molecule has 2 aromatic rings. The van der Waals surface area contributed by atoms with Gasteiger partial charge in [-0.15, -0.1) is 5.10 Å². The number of hydrazine groups is 1. The maximum atomic E-state index is 13.4. The highest BCUT2D eigenvalue weighted by Gasteiger charge is 2.28. The molecule has 1 atom stereocenters. The van der Waals surface area contributed by atoms with Crippen molar-refractivity contribution in [2.75, 3.05) is 0 Å². The average Bonchev–Trinajstić information content (AvgIpc) is 2.77. The molecular weight excluding hydrogens is 282 g/mol. The van der Waals surface area contributed by atoms with Crippen LogP contribution in [0.4, 0.5) is 8.78 Å². The van der Waals surface area contributed by atoms with Crippen LogP contribution in [0.15, 0.2) is 18.2 Å². The Bertz CT molecular complexity index is 586. The van der Waals surface area contributed by atoms with Gasteiger partial charge < -0.3 is 0 Å². The van der Waals surface area contributed by atoms with Gasteiger partial charge in [-0.2, -0.15) is 0 Å². The van der Waals surface area contributed by atoms with E-state index in [1.54, 1.807) is 0 Å². The van der Waals surface area contributed by atoms with Gasteiger partial charge in [0, 0.05) is 11.5 Å². The second-order valence-corrected chi connectivity index (χ2v) is 6.32. The van der Waals surface area contributed by atoms with Crippen LogP contribution in [-0.2, 0) is 5.41 Å². The fourth-order valence-corrected chi connectivity index (χ4v) is 2.93. The van der Waals surface area contributed by atoms with Crippen molar-refractivity contribution < 1.29 is 8.78 Å². The van der Waals surface area contributed by atoms with Crippen LogP contribution in [0.2, 0.25) is 0 Å². The van der Waals surface area contributed by atoms with Crippen LogP contribution in [0.25, 0.3) is 0 Å². The fourth-order valence-electron chi connectivity index (χ4n) is 1.97. The molecule has 20 heavy (non-hydrogen) atoms. The van der Waals surface area contributed by atoms with E-state index in [0.717, 1.165) is 16.6 Å². The molecule has 0 bridgehead atoms. The number of benzene rings is 1. The molecule has 4 nitrogen and oxygen atoms in total. The Kier molecular flexibility index (Phi) is 4.12. The molecule has 1 aromatic carbocycles. The molecule has 0 saturated heterocycles. The first-order valence-corrected chi connectivity index (χ1v) is 6.85. The minimum absolute atomic E-state index is 0.233. The second kappa shape index (κ2) is 5.51. The summed E-state index contributed by atoms with van der Waals surface area (Å²) in [4.78, 5) is 0.755. The van der Waals surface area contributed by atoms with Crippen molar-refractivity contribution in [1.82, 2.24) is 15.0 Å². The van der Waals surface area contributed by atoms with E-state index in [-0.39, 0.29) is 5.41 Å². The summed E-state index contributed by atoms with van der Waals surface area (Å²) >= 11 is 1.17. The van der Waals surface area contributed by atoms with Crippen LogP contribution < -0.4 is 11.3 Å². The van der Waals surface area contributed by atoms with Crippen molar-refractivity contribution in [3.8, 4) is 0 Å². The molecule has 0 saturated carbocycles. The molecule has 0 aliphatic rings. The zero-order valence-corrected chi connectivity index (χ0v) is 12.3. The van der Waals surface area contributed by atoms with Crippen LogP contribution >= 0.6 is 11.5 Å². The highest BCUT2D eigenvalue weighted by atomic mass is 32.1. The lowest BCUT2D eigenvalue weighted by Gasteiger charge is -2.21. The predicted octanol–water partition coefficient (Wildman–Crippen LogP) is 2.67. The Morgan fingerprint density at radius 1 is 1.20 bits per heavy atom. The predicted molar refractivity (Wildman–Crippen MR) is 74.1 cm³/mol. The zero-order valence-electron chi connectivity index (χ0n) is 11.4. The minimum atomic E-state index is -0.643. The van der Waals surface area contributed by atoms with Crippen LogP contribution in [0.5, 0.6) is 0 Å². The summed E-state index contributed by atoms with van der Waals surface area (Å²) in [6, 6.07) is 2.78. The van der Waals surface area contributed by atoms with E-state index in [0.29, 0.717) is 5.56 Å². The molecule has 7 heteroatoms. The zero-order chi connectivity index (χ0) is 14.9. The number of halogens is 2. The third-order valence-electron chi connectivity index (χ3n) is 2.87. The van der Waals surface area contributed by atoms with Crippen molar-refractivity contribution in [2.24, 2.45) is 5.84 Å². The molecule has 2 rings (SSSR count). The van der Waals surface area contributed by atoms with E-state index in [4.69, 9.17) is 5.84 Å². The summed E-state index contributed by atoms with van der Waals surface area (Å²) in [5.41, 5.74) is 3.52. The molecular formula is C13H16F2N4S. The van der Waals surface area contributed by atoms with Crippen molar-refractivity contribution in [3.05, 3.63) is 46.0 Å². The first kappa shape index (κ1) is 15.0. The number of hydrogen-bond acceptors (Lipinski definition) is 5. The second-order valence-electron chi connectivity index (χ2n) is 5.54. The number of nitrogens with zero attached hydrogens (tertiary/aromatic N) is 2. The summed E-state index contributed by atoms with van der Waals surface area (Å²) in [5, 5.41) is 4.11. The molecule has 0 amide bonds.